The first-order valence-electron chi connectivity index (χ1n) is 9.61. The minimum atomic E-state index is -0.140. The third-order valence-electron chi connectivity index (χ3n) is 4.98. The molecule has 1 heterocycles. The van der Waals surface area contributed by atoms with E-state index < -0.39 is 0 Å². The molecule has 0 radical (unpaired) electrons. The Morgan fingerprint density at radius 3 is 2.85 bits per heavy atom. The van der Waals surface area contributed by atoms with Crippen molar-refractivity contribution in [3.05, 3.63) is 29.3 Å². The average Bonchev–Trinajstić information content (AvgIpc) is 3.47. The number of carbonyl (C=O) groups is 2. The second kappa shape index (κ2) is 8.54. The zero-order valence-corrected chi connectivity index (χ0v) is 15.5. The highest BCUT2D eigenvalue weighted by Crippen LogP contribution is 2.32. The Bertz CT molecular complexity index is 658. The van der Waals surface area contributed by atoms with E-state index in [0.29, 0.717) is 31.0 Å². The smallest absolute Gasteiger partial charge is 0.255 e. The van der Waals surface area contributed by atoms with Gasteiger partial charge in [-0.1, -0.05) is 6.07 Å². The van der Waals surface area contributed by atoms with Crippen molar-refractivity contribution < 1.29 is 14.3 Å². The number of rotatable bonds is 7. The van der Waals surface area contributed by atoms with Gasteiger partial charge in [-0.05, 0) is 63.3 Å². The van der Waals surface area contributed by atoms with Crippen LogP contribution in [-0.4, -0.2) is 49.0 Å². The molecule has 1 saturated heterocycles. The lowest BCUT2D eigenvalue weighted by molar-refractivity contribution is -0.133. The number of likely N-dealkylation sites (tertiary alicyclic amines) is 1. The highest BCUT2D eigenvalue weighted by molar-refractivity contribution is 5.97. The Balaban J connectivity index is 1.62. The van der Waals surface area contributed by atoms with Crippen LogP contribution in [0, 0.1) is 12.8 Å². The van der Waals surface area contributed by atoms with Gasteiger partial charge in [-0.3, -0.25) is 9.59 Å². The maximum atomic E-state index is 12.8. The standard InChI is InChI=1S/C20H29N3O3/c1-14-5-8-17(18(12-14)26-11-3-9-21)19(24)22-16-4-2-10-23(13-16)20(25)15-6-7-15/h5,8,12,15-16H,2-4,6-7,9-11,13,21H2,1H3,(H,22,24)/t16-/m1/s1. The molecule has 6 nitrogen and oxygen atoms in total. The van der Waals surface area contributed by atoms with Gasteiger partial charge in [-0.2, -0.15) is 0 Å². The van der Waals surface area contributed by atoms with Gasteiger partial charge in [-0.15, -0.1) is 0 Å². The molecule has 6 heteroatoms. The molecule has 142 valence electrons. The van der Waals surface area contributed by atoms with Crippen LogP contribution in [0.1, 0.15) is 48.0 Å². The molecule has 2 amide bonds. The first-order valence-corrected chi connectivity index (χ1v) is 9.61. The van der Waals surface area contributed by atoms with E-state index in [-0.39, 0.29) is 23.8 Å². The summed E-state index contributed by atoms with van der Waals surface area (Å²) >= 11 is 0. The van der Waals surface area contributed by atoms with Gasteiger partial charge in [0.05, 0.1) is 12.2 Å². The highest BCUT2D eigenvalue weighted by Gasteiger charge is 2.35. The first-order chi connectivity index (χ1) is 12.6. The predicted octanol–water partition coefficient (Wildman–Crippen LogP) is 1.85. The Morgan fingerprint density at radius 1 is 1.31 bits per heavy atom. The molecule has 1 saturated carbocycles. The van der Waals surface area contributed by atoms with Crippen LogP contribution < -0.4 is 15.8 Å². The van der Waals surface area contributed by atoms with Crippen molar-refractivity contribution in [3.8, 4) is 5.75 Å². The largest absolute Gasteiger partial charge is 0.493 e. The van der Waals surface area contributed by atoms with E-state index in [1.165, 1.54) is 0 Å². The number of amides is 2. The number of benzene rings is 1. The van der Waals surface area contributed by atoms with Crippen molar-refractivity contribution in [2.24, 2.45) is 11.7 Å². The van der Waals surface area contributed by atoms with Crippen LogP contribution in [0.2, 0.25) is 0 Å². The number of nitrogens with one attached hydrogen (secondary N) is 1. The van der Waals surface area contributed by atoms with Gasteiger partial charge in [-0.25, -0.2) is 0 Å². The average molecular weight is 359 g/mol. The second-order valence-electron chi connectivity index (χ2n) is 7.36. The lowest BCUT2D eigenvalue weighted by atomic mass is 10.0. The maximum absolute atomic E-state index is 12.8. The van der Waals surface area contributed by atoms with E-state index in [1.54, 1.807) is 6.07 Å². The number of piperidine rings is 1. The molecular formula is C20H29N3O3. The van der Waals surface area contributed by atoms with Crippen LogP contribution in [0.25, 0.3) is 0 Å². The van der Waals surface area contributed by atoms with Gasteiger partial charge in [0.25, 0.3) is 5.91 Å². The van der Waals surface area contributed by atoms with Crippen molar-refractivity contribution >= 4 is 11.8 Å². The van der Waals surface area contributed by atoms with Crippen LogP contribution in [0.4, 0.5) is 0 Å². The summed E-state index contributed by atoms with van der Waals surface area (Å²) in [6.07, 6.45) is 4.60. The van der Waals surface area contributed by atoms with Gasteiger partial charge in [0.1, 0.15) is 5.75 Å². The number of hydrogen-bond donors (Lipinski definition) is 2. The number of ether oxygens (including phenoxy) is 1. The molecule has 0 bridgehead atoms. The SMILES string of the molecule is Cc1ccc(C(=O)N[C@@H]2CCCN(C(=O)C3CC3)C2)c(OCCCN)c1. The van der Waals surface area contributed by atoms with Crippen LogP contribution in [0.5, 0.6) is 5.75 Å². The third kappa shape index (κ3) is 4.75. The summed E-state index contributed by atoms with van der Waals surface area (Å²) in [4.78, 5) is 27.0. The summed E-state index contributed by atoms with van der Waals surface area (Å²) in [5, 5.41) is 3.09. The number of carbonyl (C=O) groups excluding carboxylic acids is 2. The molecule has 1 atom stereocenters. The molecule has 0 unspecified atom stereocenters. The van der Waals surface area contributed by atoms with E-state index in [9.17, 15) is 9.59 Å². The predicted molar refractivity (Wildman–Crippen MR) is 100 cm³/mol. The van der Waals surface area contributed by atoms with Crippen LogP contribution in [-0.2, 0) is 4.79 Å². The van der Waals surface area contributed by atoms with Crippen LogP contribution in [0.15, 0.2) is 18.2 Å². The van der Waals surface area contributed by atoms with Gasteiger partial charge in [0.15, 0.2) is 0 Å². The van der Waals surface area contributed by atoms with Crippen LogP contribution >= 0.6 is 0 Å². The highest BCUT2D eigenvalue weighted by atomic mass is 16.5. The van der Waals surface area contributed by atoms with Crippen molar-refractivity contribution in [2.75, 3.05) is 26.2 Å². The van der Waals surface area contributed by atoms with Crippen LogP contribution in [0.3, 0.4) is 0 Å². The van der Waals surface area contributed by atoms with Gasteiger partial charge in [0.2, 0.25) is 5.91 Å². The summed E-state index contributed by atoms with van der Waals surface area (Å²) in [6.45, 7) is 4.43. The molecule has 2 aliphatic rings. The number of hydrogen-bond acceptors (Lipinski definition) is 4. The van der Waals surface area contributed by atoms with Crippen molar-refractivity contribution in [1.82, 2.24) is 10.2 Å². The van der Waals surface area contributed by atoms with E-state index in [0.717, 1.165) is 44.2 Å². The molecular weight excluding hydrogens is 330 g/mol. The minimum Gasteiger partial charge on any atom is -0.493 e. The molecule has 3 N–H and O–H groups in total. The van der Waals surface area contributed by atoms with Gasteiger partial charge < -0.3 is 20.7 Å². The molecule has 0 spiro atoms. The Morgan fingerprint density at radius 2 is 2.12 bits per heavy atom. The van der Waals surface area contributed by atoms with E-state index >= 15 is 0 Å². The van der Waals surface area contributed by atoms with Crippen molar-refractivity contribution in [3.63, 3.8) is 0 Å². The summed E-state index contributed by atoms with van der Waals surface area (Å²) in [5.74, 6) is 0.935. The molecule has 1 aliphatic carbocycles. The Hall–Kier alpha value is -2.08. The minimum absolute atomic E-state index is 0.00264. The van der Waals surface area contributed by atoms with E-state index in [4.69, 9.17) is 10.5 Å². The second-order valence-corrected chi connectivity index (χ2v) is 7.36. The fourth-order valence-corrected chi connectivity index (χ4v) is 3.35. The first kappa shape index (κ1) is 18.7. The van der Waals surface area contributed by atoms with Gasteiger partial charge in [0, 0.05) is 25.0 Å². The third-order valence-corrected chi connectivity index (χ3v) is 4.98. The topological polar surface area (TPSA) is 84.7 Å². The maximum Gasteiger partial charge on any atom is 0.255 e. The fraction of sp³-hybridized carbons (Fsp3) is 0.600. The number of nitrogens with zero attached hydrogens (tertiary/aromatic N) is 1. The van der Waals surface area contributed by atoms with E-state index in [2.05, 4.69) is 5.32 Å². The summed E-state index contributed by atoms with van der Waals surface area (Å²) in [7, 11) is 0. The van der Waals surface area contributed by atoms with Gasteiger partial charge >= 0.3 is 0 Å². The monoisotopic (exact) mass is 359 g/mol. The summed E-state index contributed by atoms with van der Waals surface area (Å²) < 4.78 is 5.76. The van der Waals surface area contributed by atoms with Crippen molar-refractivity contribution in [1.29, 1.82) is 0 Å². The van der Waals surface area contributed by atoms with E-state index in [1.807, 2.05) is 24.0 Å². The normalized spacial score (nSPS) is 19.9. The Kier molecular flexibility index (Phi) is 6.14. The Labute approximate surface area is 155 Å². The summed E-state index contributed by atoms with van der Waals surface area (Å²) in [6, 6.07) is 5.60. The van der Waals surface area contributed by atoms with Crippen molar-refractivity contribution in [2.45, 2.75) is 45.1 Å². The molecule has 2 fully saturated rings. The lowest BCUT2D eigenvalue weighted by Gasteiger charge is -2.33. The molecule has 1 aliphatic heterocycles. The zero-order chi connectivity index (χ0) is 18.5. The number of nitrogens with two attached hydrogens (primary N) is 1. The molecule has 0 aromatic heterocycles. The molecule has 1 aromatic carbocycles. The molecule has 3 rings (SSSR count). The quantitative estimate of drug-likeness (QED) is 0.728. The summed E-state index contributed by atoms with van der Waals surface area (Å²) in [5.41, 5.74) is 7.10. The number of aryl methyl sites for hydroxylation is 1. The molecule has 26 heavy (non-hydrogen) atoms. The lowest BCUT2D eigenvalue weighted by Crippen LogP contribution is -2.50. The zero-order valence-electron chi connectivity index (χ0n) is 15.5. The molecule has 1 aromatic rings. The fourth-order valence-electron chi connectivity index (χ4n) is 3.35.